The first kappa shape index (κ1) is 19.2. The predicted molar refractivity (Wildman–Crippen MR) is 105 cm³/mol. The minimum Gasteiger partial charge on any atom is -0.459 e. The lowest BCUT2D eigenvalue weighted by Crippen LogP contribution is -2.50. The van der Waals surface area contributed by atoms with Crippen LogP contribution in [0.2, 0.25) is 0 Å². The Labute approximate surface area is 166 Å². The standard InChI is InChI=1S/C18H21N3O5S2/c22-17(14-4-3-9-26-14)20-16-6-5-15(27-16)18(23)19-12-10-28(24,25)11-13(12)21-7-1-2-8-21/h3-6,9,12-13H,1-2,7-8,10-11H2,(H,19,23)(H,20,22). The number of carbonyl (C=O) groups is 2. The minimum absolute atomic E-state index is 0.0344. The molecule has 28 heavy (non-hydrogen) atoms. The molecule has 2 N–H and O–H groups in total. The first-order chi connectivity index (χ1) is 13.4. The van der Waals surface area contributed by atoms with Crippen molar-refractivity contribution in [1.82, 2.24) is 10.2 Å². The van der Waals surface area contributed by atoms with Crippen molar-refractivity contribution in [3.8, 4) is 0 Å². The Balaban J connectivity index is 1.41. The van der Waals surface area contributed by atoms with Crippen molar-refractivity contribution in [2.24, 2.45) is 0 Å². The molecule has 0 radical (unpaired) electrons. The summed E-state index contributed by atoms with van der Waals surface area (Å²) < 4.78 is 29.3. The number of nitrogens with one attached hydrogen (secondary N) is 2. The molecule has 2 aliphatic rings. The molecule has 8 nitrogen and oxygen atoms in total. The van der Waals surface area contributed by atoms with E-state index in [1.54, 1.807) is 24.3 Å². The Hall–Kier alpha value is -2.17. The highest BCUT2D eigenvalue weighted by atomic mass is 32.2. The summed E-state index contributed by atoms with van der Waals surface area (Å²) in [7, 11) is -3.17. The molecule has 2 saturated heterocycles. The average molecular weight is 424 g/mol. The fourth-order valence-electron chi connectivity index (χ4n) is 3.75. The number of thiophene rings is 1. The van der Waals surface area contributed by atoms with Gasteiger partial charge >= 0.3 is 0 Å². The third-order valence-corrected chi connectivity index (χ3v) is 7.78. The van der Waals surface area contributed by atoms with Gasteiger partial charge in [0, 0.05) is 6.04 Å². The zero-order chi connectivity index (χ0) is 19.7. The third-order valence-electron chi connectivity index (χ3n) is 5.06. The number of hydrogen-bond donors (Lipinski definition) is 2. The Morgan fingerprint density at radius 2 is 1.89 bits per heavy atom. The van der Waals surface area contributed by atoms with Gasteiger partial charge in [-0.05, 0) is 50.2 Å². The molecule has 2 aromatic rings. The summed E-state index contributed by atoms with van der Waals surface area (Å²) in [6.45, 7) is 1.74. The number of carbonyl (C=O) groups excluding carboxylic acids is 2. The Bertz CT molecular complexity index is 961. The number of amides is 2. The van der Waals surface area contributed by atoms with Crippen LogP contribution in [0.25, 0.3) is 0 Å². The van der Waals surface area contributed by atoms with Crippen molar-refractivity contribution >= 4 is 38.0 Å². The number of furan rings is 1. The van der Waals surface area contributed by atoms with Gasteiger partial charge < -0.3 is 15.1 Å². The maximum absolute atomic E-state index is 12.7. The largest absolute Gasteiger partial charge is 0.459 e. The van der Waals surface area contributed by atoms with E-state index in [-0.39, 0.29) is 29.2 Å². The predicted octanol–water partition coefficient (Wildman–Crippen LogP) is 1.58. The van der Waals surface area contributed by atoms with E-state index in [1.165, 1.54) is 6.26 Å². The second kappa shape index (κ2) is 7.69. The molecular formula is C18H21N3O5S2. The van der Waals surface area contributed by atoms with E-state index in [1.807, 2.05) is 0 Å². The summed E-state index contributed by atoms with van der Waals surface area (Å²) in [5, 5.41) is 6.09. The zero-order valence-corrected chi connectivity index (χ0v) is 16.7. The highest BCUT2D eigenvalue weighted by Crippen LogP contribution is 2.25. The van der Waals surface area contributed by atoms with Crippen molar-refractivity contribution in [2.45, 2.75) is 24.9 Å². The van der Waals surface area contributed by atoms with Gasteiger partial charge in [0.05, 0.1) is 33.7 Å². The van der Waals surface area contributed by atoms with Gasteiger partial charge in [0.2, 0.25) is 0 Å². The van der Waals surface area contributed by atoms with Crippen LogP contribution in [0.4, 0.5) is 5.00 Å². The zero-order valence-electron chi connectivity index (χ0n) is 15.1. The van der Waals surface area contributed by atoms with Gasteiger partial charge in [-0.1, -0.05) is 0 Å². The van der Waals surface area contributed by atoms with Crippen LogP contribution in [0.3, 0.4) is 0 Å². The van der Waals surface area contributed by atoms with Crippen LogP contribution in [0, 0.1) is 0 Å². The average Bonchev–Trinajstić information content (AvgIpc) is 3.42. The molecule has 0 saturated carbocycles. The second-order valence-electron chi connectivity index (χ2n) is 7.06. The van der Waals surface area contributed by atoms with E-state index < -0.39 is 21.8 Å². The first-order valence-electron chi connectivity index (χ1n) is 9.11. The molecule has 2 amide bonds. The maximum atomic E-state index is 12.7. The summed E-state index contributed by atoms with van der Waals surface area (Å²) in [5.41, 5.74) is 0. The molecule has 2 fully saturated rings. The van der Waals surface area contributed by atoms with Crippen LogP contribution >= 0.6 is 11.3 Å². The number of rotatable bonds is 5. The van der Waals surface area contributed by atoms with Gasteiger partial charge in [-0.15, -0.1) is 11.3 Å². The van der Waals surface area contributed by atoms with Gasteiger partial charge in [-0.3, -0.25) is 14.5 Å². The lowest BCUT2D eigenvalue weighted by molar-refractivity contribution is 0.0922. The third kappa shape index (κ3) is 4.13. The van der Waals surface area contributed by atoms with Gasteiger partial charge in [0.1, 0.15) is 0 Å². The van der Waals surface area contributed by atoms with E-state index in [4.69, 9.17) is 4.42 Å². The highest BCUT2D eigenvalue weighted by Gasteiger charge is 2.42. The molecule has 0 spiro atoms. The molecule has 2 unspecified atom stereocenters. The number of anilines is 1. The van der Waals surface area contributed by atoms with Crippen molar-refractivity contribution < 1.29 is 22.4 Å². The fraction of sp³-hybridized carbons (Fsp3) is 0.444. The van der Waals surface area contributed by atoms with E-state index in [0.29, 0.717) is 9.88 Å². The number of likely N-dealkylation sites (tertiary alicyclic amines) is 1. The summed E-state index contributed by atoms with van der Waals surface area (Å²) in [6, 6.07) is 5.84. The SMILES string of the molecule is O=C(Nc1ccc(C(=O)NC2CS(=O)(=O)CC2N2CCCC2)s1)c1ccco1. The summed E-state index contributed by atoms with van der Waals surface area (Å²) in [6.07, 6.45) is 3.52. The summed E-state index contributed by atoms with van der Waals surface area (Å²) in [4.78, 5) is 27.3. The van der Waals surface area contributed by atoms with Gasteiger partial charge in [0.15, 0.2) is 15.6 Å². The Morgan fingerprint density at radius 1 is 1.11 bits per heavy atom. The minimum atomic E-state index is -3.17. The van der Waals surface area contributed by atoms with Crippen molar-refractivity contribution in [1.29, 1.82) is 0 Å². The molecule has 2 atom stereocenters. The van der Waals surface area contributed by atoms with Crippen molar-refractivity contribution in [3.05, 3.63) is 41.2 Å². The number of hydrogen-bond acceptors (Lipinski definition) is 7. The molecule has 2 aromatic heterocycles. The molecule has 0 aliphatic carbocycles. The molecule has 0 bridgehead atoms. The molecule has 10 heteroatoms. The van der Waals surface area contributed by atoms with Crippen LogP contribution in [-0.2, 0) is 9.84 Å². The summed E-state index contributed by atoms with van der Waals surface area (Å²) >= 11 is 1.13. The van der Waals surface area contributed by atoms with Crippen LogP contribution < -0.4 is 10.6 Å². The molecule has 4 rings (SSSR count). The smallest absolute Gasteiger partial charge is 0.291 e. The van der Waals surface area contributed by atoms with Crippen LogP contribution in [0.5, 0.6) is 0 Å². The van der Waals surface area contributed by atoms with E-state index in [9.17, 15) is 18.0 Å². The number of sulfone groups is 1. The Kier molecular flexibility index (Phi) is 5.26. The van der Waals surface area contributed by atoms with Crippen LogP contribution in [0.15, 0.2) is 34.9 Å². The molecule has 2 aliphatic heterocycles. The van der Waals surface area contributed by atoms with Gasteiger partial charge in [0.25, 0.3) is 11.8 Å². The van der Waals surface area contributed by atoms with Crippen molar-refractivity contribution in [2.75, 3.05) is 29.9 Å². The van der Waals surface area contributed by atoms with Crippen LogP contribution in [0.1, 0.15) is 33.1 Å². The van der Waals surface area contributed by atoms with E-state index >= 15 is 0 Å². The normalized spacial score (nSPS) is 24.3. The van der Waals surface area contributed by atoms with Crippen molar-refractivity contribution in [3.63, 3.8) is 0 Å². The molecule has 4 heterocycles. The number of nitrogens with zero attached hydrogens (tertiary/aromatic N) is 1. The molecular weight excluding hydrogens is 402 g/mol. The van der Waals surface area contributed by atoms with Crippen LogP contribution in [-0.4, -0.2) is 61.8 Å². The van der Waals surface area contributed by atoms with Gasteiger partial charge in [-0.25, -0.2) is 8.42 Å². The lowest BCUT2D eigenvalue weighted by atomic mass is 10.1. The quantitative estimate of drug-likeness (QED) is 0.756. The monoisotopic (exact) mass is 423 g/mol. The van der Waals surface area contributed by atoms with E-state index in [0.717, 1.165) is 37.3 Å². The fourth-order valence-corrected chi connectivity index (χ4v) is 6.50. The Morgan fingerprint density at radius 3 is 2.61 bits per heavy atom. The maximum Gasteiger partial charge on any atom is 0.291 e. The lowest BCUT2D eigenvalue weighted by Gasteiger charge is -2.28. The van der Waals surface area contributed by atoms with Gasteiger partial charge in [-0.2, -0.15) is 0 Å². The second-order valence-corrected chi connectivity index (χ2v) is 10.3. The molecule has 150 valence electrons. The van der Waals surface area contributed by atoms with E-state index in [2.05, 4.69) is 15.5 Å². The molecule has 0 aromatic carbocycles. The first-order valence-corrected chi connectivity index (χ1v) is 11.8. The topological polar surface area (TPSA) is 109 Å². The highest BCUT2D eigenvalue weighted by molar-refractivity contribution is 7.91. The summed E-state index contributed by atoms with van der Waals surface area (Å²) in [5.74, 6) is -0.478.